The third-order valence-electron chi connectivity index (χ3n) is 7.88. The van der Waals surface area contributed by atoms with Gasteiger partial charge in [0.2, 0.25) is 0 Å². The average molecular weight is 474 g/mol. The Bertz CT molecular complexity index is 1770. The zero-order valence-electron chi connectivity index (χ0n) is 20.9. The van der Waals surface area contributed by atoms with Crippen LogP contribution in [0.5, 0.6) is 0 Å². The maximum atomic E-state index is 4.38. The lowest BCUT2D eigenvalue weighted by Gasteiger charge is -2.23. The van der Waals surface area contributed by atoms with Crippen molar-refractivity contribution in [2.45, 2.75) is 19.8 Å². The summed E-state index contributed by atoms with van der Waals surface area (Å²) in [4.78, 5) is 4.38. The SMILES string of the molecule is Cc1c(-c2cccnc2)cccc1-c1c2ccccc2c(C2=Cc3ccccc3CC2)c2ccccc12. The summed E-state index contributed by atoms with van der Waals surface area (Å²) >= 11 is 0. The number of allylic oxidation sites excluding steroid dienone is 1. The summed E-state index contributed by atoms with van der Waals surface area (Å²) in [5.41, 5.74) is 11.9. The van der Waals surface area contributed by atoms with E-state index in [0.717, 1.165) is 18.4 Å². The van der Waals surface area contributed by atoms with Gasteiger partial charge in [0.05, 0.1) is 0 Å². The lowest BCUT2D eigenvalue weighted by Crippen LogP contribution is -2.01. The maximum absolute atomic E-state index is 4.38. The zero-order chi connectivity index (χ0) is 24.8. The van der Waals surface area contributed by atoms with Crippen LogP contribution in [0.15, 0.2) is 116 Å². The first-order chi connectivity index (χ1) is 18.3. The predicted octanol–water partition coefficient (Wildman–Crippen LogP) is 9.52. The van der Waals surface area contributed by atoms with Crippen molar-refractivity contribution in [3.05, 3.63) is 138 Å². The molecule has 0 saturated heterocycles. The average Bonchev–Trinajstić information content (AvgIpc) is 2.96. The number of pyridine rings is 1. The molecule has 1 aromatic heterocycles. The fourth-order valence-corrected chi connectivity index (χ4v) is 6.13. The van der Waals surface area contributed by atoms with Crippen LogP contribution in [0.25, 0.3) is 55.4 Å². The van der Waals surface area contributed by atoms with Gasteiger partial charge in [0.25, 0.3) is 0 Å². The van der Waals surface area contributed by atoms with Crippen molar-refractivity contribution in [3.8, 4) is 22.3 Å². The van der Waals surface area contributed by atoms with E-state index >= 15 is 0 Å². The molecular formula is C36H27N. The van der Waals surface area contributed by atoms with Gasteiger partial charge >= 0.3 is 0 Å². The highest BCUT2D eigenvalue weighted by atomic mass is 14.6. The van der Waals surface area contributed by atoms with Gasteiger partial charge in [-0.05, 0) is 91.9 Å². The molecule has 0 amide bonds. The second-order valence-corrected chi connectivity index (χ2v) is 9.93. The van der Waals surface area contributed by atoms with E-state index in [2.05, 4.69) is 115 Å². The Morgan fingerprint density at radius 1 is 0.568 bits per heavy atom. The topological polar surface area (TPSA) is 12.9 Å². The molecule has 6 aromatic rings. The second kappa shape index (κ2) is 8.87. The van der Waals surface area contributed by atoms with Gasteiger partial charge in [-0.25, -0.2) is 0 Å². The molecule has 0 N–H and O–H groups in total. The molecule has 176 valence electrons. The van der Waals surface area contributed by atoms with Crippen LogP contribution in [0.2, 0.25) is 0 Å². The van der Waals surface area contributed by atoms with E-state index in [1.807, 2.05) is 18.5 Å². The van der Waals surface area contributed by atoms with Crippen molar-refractivity contribution in [2.24, 2.45) is 0 Å². The number of rotatable bonds is 3. The summed E-state index contributed by atoms with van der Waals surface area (Å²) in [5.74, 6) is 0. The molecule has 1 heteroatoms. The van der Waals surface area contributed by atoms with Crippen molar-refractivity contribution in [1.29, 1.82) is 0 Å². The number of hydrogen-bond donors (Lipinski definition) is 0. The lowest BCUT2D eigenvalue weighted by atomic mass is 9.81. The number of aryl methyl sites for hydroxylation is 1. The third-order valence-corrected chi connectivity index (χ3v) is 7.88. The monoisotopic (exact) mass is 473 g/mol. The molecule has 0 spiro atoms. The van der Waals surface area contributed by atoms with Gasteiger partial charge < -0.3 is 0 Å². The van der Waals surface area contributed by atoms with E-state index in [4.69, 9.17) is 0 Å². The molecule has 1 aliphatic rings. The molecule has 0 radical (unpaired) electrons. The molecule has 1 aliphatic carbocycles. The number of benzene rings is 5. The Morgan fingerprint density at radius 3 is 1.92 bits per heavy atom. The van der Waals surface area contributed by atoms with Crippen molar-refractivity contribution in [2.75, 3.05) is 0 Å². The fraction of sp³-hybridized carbons (Fsp3) is 0.0833. The van der Waals surface area contributed by atoms with Gasteiger partial charge in [-0.3, -0.25) is 4.98 Å². The van der Waals surface area contributed by atoms with Gasteiger partial charge in [0.15, 0.2) is 0 Å². The lowest BCUT2D eigenvalue weighted by molar-refractivity contribution is 1.00. The molecule has 0 aliphatic heterocycles. The summed E-state index contributed by atoms with van der Waals surface area (Å²) in [6.45, 7) is 2.25. The molecule has 1 nitrogen and oxygen atoms in total. The van der Waals surface area contributed by atoms with Gasteiger partial charge in [0.1, 0.15) is 0 Å². The van der Waals surface area contributed by atoms with Gasteiger partial charge in [-0.2, -0.15) is 0 Å². The van der Waals surface area contributed by atoms with E-state index < -0.39 is 0 Å². The molecule has 0 bridgehead atoms. The standard InChI is InChI=1S/C36H27N/c1-24-29(28-12-9-21-37-23-28)17-8-18-30(24)36-33-15-6-4-13-31(33)35(32-14-5-7-16-34(32)36)27-20-19-25-10-2-3-11-26(25)22-27/h2-18,21-23H,19-20H2,1H3. The summed E-state index contributed by atoms with van der Waals surface area (Å²) in [7, 11) is 0. The van der Waals surface area contributed by atoms with Gasteiger partial charge in [-0.1, -0.05) is 103 Å². The highest BCUT2D eigenvalue weighted by Gasteiger charge is 2.21. The van der Waals surface area contributed by atoms with Gasteiger partial charge in [-0.15, -0.1) is 0 Å². The molecule has 0 saturated carbocycles. The summed E-state index contributed by atoms with van der Waals surface area (Å²) in [5, 5.41) is 5.27. The van der Waals surface area contributed by atoms with Crippen LogP contribution < -0.4 is 0 Å². The quantitative estimate of drug-likeness (QED) is 0.233. The van der Waals surface area contributed by atoms with E-state index in [1.54, 1.807) is 0 Å². The molecule has 0 atom stereocenters. The van der Waals surface area contributed by atoms with Crippen molar-refractivity contribution >= 4 is 33.2 Å². The summed E-state index contributed by atoms with van der Waals surface area (Å²) < 4.78 is 0. The van der Waals surface area contributed by atoms with Gasteiger partial charge in [0, 0.05) is 18.0 Å². The Morgan fingerprint density at radius 2 is 1.22 bits per heavy atom. The number of aromatic nitrogens is 1. The first-order valence-electron chi connectivity index (χ1n) is 13.0. The smallest absolute Gasteiger partial charge is 0.0346 e. The number of fused-ring (bicyclic) bond motifs is 3. The van der Waals surface area contributed by atoms with Crippen LogP contribution in [0.3, 0.4) is 0 Å². The third kappa shape index (κ3) is 3.58. The molecule has 1 heterocycles. The largest absolute Gasteiger partial charge is 0.264 e. The highest BCUT2D eigenvalue weighted by molar-refractivity contribution is 6.20. The predicted molar refractivity (Wildman–Crippen MR) is 157 cm³/mol. The number of hydrogen-bond acceptors (Lipinski definition) is 1. The minimum absolute atomic E-state index is 1.06. The second-order valence-electron chi connectivity index (χ2n) is 9.93. The Labute approximate surface area is 217 Å². The van der Waals surface area contributed by atoms with E-state index in [0.29, 0.717) is 0 Å². The molecule has 0 unspecified atom stereocenters. The summed E-state index contributed by atoms with van der Waals surface area (Å²) in [6.07, 6.45) is 8.35. The van der Waals surface area contributed by atoms with Crippen molar-refractivity contribution in [3.63, 3.8) is 0 Å². The normalized spacial score (nSPS) is 12.9. The Kier molecular flexibility index (Phi) is 5.22. The Balaban J connectivity index is 1.55. The first-order valence-corrected chi connectivity index (χ1v) is 13.0. The summed E-state index contributed by atoms with van der Waals surface area (Å²) in [6, 6.07) is 37.6. The molecule has 7 rings (SSSR count). The zero-order valence-corrected chi connectivity index (χ0v) is 20.9. The van der Waals surface area contributed by atoms with E-state index in [-0.39, 0.29) is 0 Å². The van der Waals surface area contributed by atoms with Crippen molar-refractivity contribution in [1.82, 2.24) is 4.98 Å². The fourth-order valence-electron chi connectivity index (χ4n) is 6.13. The van der Waals surface area contributed by atoms with Crippen LogP contribution in [-0.4, -0.2) is 4.98 Å². The molecular weight excluding hydrogens is 446 g/mol. The maximum Gasteiger partial charge on any atom is 0.0346 e. The van der Waals surface area contributed by atoms with E-state index in [9.17, 15) is 0 Å². The molecule has 37 heavy (non-hydrogen) atoms. The van der Waals surface area contributed by atoms with Crippen LogP contribution in [0, 0.1) is 6.92 Å². The first kappa shape index (κ1) is 21.8. The highest BCUT2D eigenvalue weighted by Crippen LogP contribution is 2.45. The van der Waals surface area contributed by atoms with Crippen molar-refractivity contribution < 1.29 is 0 Å². The van der Waals surface area contributed by atoms with Crippen LogP contribution >= 0.6 is 0 Å². The van der Waals surface area contributed by atoms with Crippen LogP contribution in [0.4, 0.5) is 0 Å². The van der Waals surface area contributed by atoms with Crippen LogP contribution in [-0.2, 0) is 6.42 Å². The molecule has 0 fully saturated rings. The minimum Gasteiger partial charge on any atom is -0.264 e. The van der Waals surface area contributed by atoms with Crippen LogP contribution in [0.1, 0.15) is 28.7 Å². The minimum atomic E-state index is 1.06. The number of nitrogens with zero attached hydrogens (tertiary/aromatic N) is 1. The molecule has 5 aromatic carbocycles. The Hall–Kier alpha value is -4.49. The van der Waals surface area contributed by atoms with E-state index in [1.165, 1.54) is 66.1 Å².